The summed E-state index contributed by atoms with van der Waals surface area (Å²) in [5.74, 6) is -1.06. The molecule has 0 fully saturated rings. The first kappa shape index (κ1) is 8.07. The molecule has 0 radical (unpaired) electrons. The highest BCUT2D eigenvalue weighted by atomic mass is 35.5. The topological polar surface area (TPSA) is 55.1 Å². The first-order valence-corrected chi connectivity index (χ1v) is 3.90. The van der Waals surface area contributed by atoms with Gasteiger partial charge in [0.25, 0.3) is 0 Å². The van der Waals surface area contributed by atoms with Crippen LogP contribution in [0.15, 0.2) is 24.4 Å². The van der Waals surface area contributed by atoms with Gasteiger partial charge in [0.05, 0.1) is 11.0 Å². The number of carboxylic acid groups (broad SMARTS) is 1. The van der Waals surface area contributed by atoms with Gasteiger partial charge in [-0.1, -0.05) is 0 Å². The molecule has 1 N–H and O–H groups in total. The molecule has 66 valence electrons. The number of aromatic nitrogens is 2. The lowest BCUT2D eigenvalue weighted by Crippen LogP contribution is -1.99. The van der Waals surface area contributed by atoms with E-state index in [9.17, 15) is 4.79 Å². The summed E-state index contributed by atoms with van der Waals surface area (Å²) in [6.45, 7) is 0. The lowest BCUT2D eigenvalue weighted by atomic mass is 10.4. The highest BCUT2D eigenvalue weighted by molar-refractivity contribution is 6.21. The third-order valence-corrected chi connectivity index (χ3v) is 2.10. The van der Waals surface area contributed by atoms with Gasteiger partial charge in [-0.3, -0.25) is 4.98 Å². The number of rotatable bonds is 1. The van der Waals surface area contributed by atoms with Crippen molar-refractivity contribution in [2.24, 2.45) is 0 Å². The van der Waals surface area contributed by atoms with Crippen LogP contribution in [0.3, 0.4) is 0 Å². The van der Waals surface area contributed by atoms with Gasteiger partial charge in [0, 0.05) is 18.0 Å². The molecular weight excluding hydrogens is 192 g/mol. The summed E-state index contributed by atoms with van der Waals surface area (Å²) in [4.78, 5) is 14.6. The van der Waals surface area contributed by atoms with Gasteiger partial charge < -0.3 is 5.11 Å². The number of hydrogen-bond acceptors (Lipinski definition) is 2. The molecule has 0 saturated carbocycles. The SMILES string of the molecule is O=C(O)c1cc2ncccc2n1Cl. The molecular formula is C8H5ClN2O2. The molecule has 0 bridgehead atoms. The third-order valence-electron chi connectivity index (χ3n) is 1.73. The summed E-state index contributed by atoms with van der Waals surface area (Å²) in [5, 5.41) is 8.73. The van der Waals surface area contributed by atoms with Gasteiger partial charge in [0.2, 0.25) is 0 Å². The number of carbonyl (C=O) groups is 1. The molecule has 0 aliphatic rings. The van der Waals surface area contributed by atoms with Crippen molar-refractivity contribution in [1.82, 2.24) is 9.07 Å². The number of aromatic carboxylic acids is 1. The van der Waals surface area contributed by atoms with Crippen LogP contribution < -0.4 is 0 Å². The van der Waals surface area contributed by atoms with Crippen LogP contribution in [0.1, 0.15) is 10.5 Å². The molecule has 2 aromatic rings. The summed E-state index contributed by atoms with van der Waals surface area (Å²) in [6, 6.07) is 4.85. The Bertz CT molecular complexity index is 478. The minimum atomic E-state index is -1.06. The average molecular weight is 197 g/mol. The number of fused-ring (bicyclic) bond motifs is 1. The Morgan fingerprint density at radius 3 is 3.00 bits per heavy atom. The second kappa shape index (κ2) is 2.74. The van der Waals surface area contributed by atoms with Crippen LogP contribution in [-0.4, -0.2) is 20.1 Å². The Labute approximate surface area is 78.5 Å². The summed E-state index contributed by atoms with van der Waals surface area (Å²) < 4.78 is 1.09. The van der Waals surface area contributed by atoms with Gasteiger partial charge in [-0.2, -0.15) is 0 Å². The van der Waals surface area contributed by atoms with Gasteiger partial charge >= 0.3 is 5.97 Å². The van der Waals surface area contributed by atoms with Gasteiger partial charge in [0.15, 0.2) is 0 Å². The van der Waals surface area contributed by atoms with Crippen LogP contribution in [0.4, 0.5) is 0 Å². The summed E-state index contributed by atoms with van der Waals surface area (Å²) >= 11 is 5.75. The van der Waals surface area contributed by atoms with Crippen LogP contribution in [0.25, 0.3) is 11.0 Å². The molecule has 2 aromatic heterocycles. The van der Waals surface area contributed by atoms with Crippen molar-refractivity contribution in [1.29, 1.82) is 0 Å². The zero-order valence-electron chi connectivity index (χ0n) is 6.44. The van der Waals surface area contributed by atoms with E-state index in [1.807, 2.05) is 0 Å². The fraction of sp³-hybridized carbons (Fsp3) is 0. The van der Waals surface area contributed by atoms with E-state index in [2.05, 4.69) is 4.98 Å². The van der Waals surface area contributed by atoms with E-state index in [0.717, 1.165) is 4.09 Å². The highest BCUT2D eigenvalue weighted by Gasteiger charge is 2.13. The molecule has 4 nitrogen and oxygen atoms in total. The van der Waals surface area contributed by atoms with Crippen molar-refractivity contribution in [3.63, 3.8) is 0 Å². The fourth-order valence-electron chi connectivity index (χ4n) is 1.15. The Morgan fingerprint density at radius 1 is 1.62 bits per heavy atom. The normalized spacial score (nSPS) is 10.5. The van der Waals surface area contributed by atoms with Crippen molar-refractivity contribution in [2.75, 3.05) is 0 Å². The van der Waals surface area contributed by atoms with Gasteiger partial charge in [0.1, 0.15) is 5.69 Å². The molecule has 0 spiro atoms. The van der Waals surface area contributed by atoms with Crippen LogP contribution in [-0.2, 0) is 0 Å². The van der Waals surface area contributed by atoms with Crippen molar-refractivity contribution in [3.8, 4) is 0 Å². The molecule has 5 heteroatoms. The van der Waals surface area contributed by atoms with Crippen molar-refractivity contribution >= 4 is 28.8 Å². The largest absolute Gasteiger partial charge is 0.477 e. The lowest BCUT2D eigenvalue weighted by Gasteiger charge is -1.93. The van der Waals surface area contributed by atoms with Crippen LogP contribution in [0, 0.1) is 0 Å². The third kappa shape index (κ3) is 1.15. The minimum absolute atomic E-state index is 0.0235. The molecule has 0 atom stereocenters. The minimum Gasteiger partial charge on any atom is -0.477 e. The lowest BCUT2D eigenvalue weighted by molar-refractivity contribution is 0.0690. The van der Waals surface area contributed by atoms with E-state index in [0.29, 0.717) is 11.0 Å². The molecule has 0 saturated heterocycles. The maximum Gasteiger partial charge on any atom is 0.353 e. The molecule has 13 heavy (non-hydrogen) atoms. The molecule has 0 aliphatic heterocycles. The average Bonchev–Trinajstić information content (AvgIpc) is 2.45. The maximum atomic E-state index is 10.7. The van der Waals surface area contributed by atoms with E-state index >= 15 is 0 Å². The maximum absolute atomic E-state index is 10.7. The van der Waals surface area contributed by atoms with Gasteiger partial charge in [-0.15, -0.1) is 0 Å². The van der Waals surface area contributed by atoms with Crippen molar-refractivity contribution < 1.29 is 9.90 Å². The molecule has 0 aromatic carbocycles. The van der Waals surface area contributed by atoms with E-state index in [4.69, 9.17) is 16.9 Å². The fourth-order valence-corrected chi connectivity index (χ4v) is 1.41. The number of pyridine rings is 1. The Kier molecular flexibility index (Phi) is 1.70. The predicted molar refractivity (Wildman–Crippen MR) is 47.9 cm³/mol. The first-order chi connectivity index (χ1) is 6.20. The van der Waals surface area contributed by atoms with E-state index < -0.39 is 5.97 Å². The van der Waals surface area contributed by atoms with E-state index in [1.165, 1.54) is 6.07 Å². The van der Waals surface area contributed by atoms with E-state index in [-0.39, 0.29) is 5.69 Å². The predicted octanol–water partition coefficient (Wildman–Crippen LogP) is 1.74. The Balaban J connectivity index is 2.81. The smallest absolute Gasteiger partial charge is 0.353 e. The number of halogens is 1. The van der Waals surface area contributed by atoms with Gasteiger partial charge in [-0.05, 0) is 18.2 Å². The van der Waals surface area contributed by atoms with Gasteiger partial charge in [-0.25, -0.2) is 8.88 Å². The number of carboxylic acids is 1. The highest BCUT2D eigenvalue weighted by Crippen LogP contribution is 2.18. The summed E-state index contributed by atoms with van der Waals surface area (Å²) in [6.07, 6.45) is 1.59. The summed E-state index contributed by atoms with van der Waals surface area (Å²) in [5.41, 5.74) is 1.20. The van der Waals surface area contributed by atoms with Crippen molar-refractivity contribution in [3.05, 3.63) is 30.1 Å². The van der Waals surface area contributed by atoms with Crippen molar-refractivity contribution in [2.45, 2.75) is 0 Å². The van der Waals surface area contributed by atoms with Crippen LogP contribution >= 0.6 is 11.8 Å². The second-order valence-corrected chi connectivity index (χ2v) is 2.86. The molecule has 0 aliphatic carbocycles. The molecule has 0 unspecified atom stereocenters. The first-order valence-electron chi connectivity index (χ1n) is 3.56. The monoisotopic (exact) mass is 196 g/mol. The standard InChI is InChI=1S/C8H5ClN2O2/c9-11-6-2-1-3-10-5(6)4-7(11)8(12)13/h1-4H,(H,12,13). The molecule has 2 heterocycles. The zero-order chi connectivity index (χ0) is 9.42. The molecule has 2 rings (SSSR count). The van der Waals surface area contributed by atoms with E-state index in [1.54, 1.807) is 18.3 Å². The Morgan fingerprint density at radius 2 is 2.38 bits per heavy atom. The second-order valence-electron chi connectivity index (χ2n) is 2.52. The van der Waals surface area contributed by atoms with Crippen LogP contribution in [0.2, 0.25) is 0 Å². The summed E-state index contributed by atoms with van der Waals surface area (Å²) in [7, 11) is 0. The van der Waals surface area contributed by atoms with Crippen LogP contribution in [0.5, 0.6) is 0 Å². The zero-order valence-corrected chi connectivity index (χ0v) is 7.19. The Hall–Kier alpha value is -1.55. The number of hydrogen-bond donors (Lipinski definition) is 1. The molecule has 0 amide bonds. The quantitative estimate of drug-likeness (QED) is 0.756. The number of nitrogens with zero attached hydrogens (tertiary/aromatic N) is 2.